The van der Waals surface area contributed by atoms with Crippen LogP contribution in [0.4, 0.5) is 0 Å². The van der Waals surface area contributed by atoms with E-state index in [2.05, 4.69) is 22.2 Å². The molecule has 6 heteroatoms. The van der Waals surface area contributed by atoms with Crippen molar-refractivity contribution in [3.63, 3.8) is 0 Å². The topological polar surface area (TPSA) is 70.4 Å². The molecule has 0 unspecified atom stereocenters. The minimum Gasteiger partial charge on any atom is -0.389 e. The van der Waals surface area contributed by atoms with Gasteiger partial charge in [-0.25, -0.2) is 0 Å². The van der Waals surface area contributed by atoms with Gasteiger partial charge < -0.3 is 15.3 Å². The zero-order valence-corrected chi connectivity index (χ0v) is 18.1. The third-order valence-corrected chi connectivity index (χ3v) is 6.85. The van der Waals surface area contributed by atoms with Gasteiger partial charge in [0.2, 0.25) is 5.91 Å². The van der Waals surface area contributed by atoms with Crippen molar-refractivity contribution >= 4 is 5.91 Å². The van der Waals surface area contributed by atoms with Gasteiger partial charge >= 0.3 is 0 Å². The maximum Gasteiger partial charge on any atom is 0.223 e. The maximum absolute atomic E-state index is 12.7. The minimum absolute atomic E-state index is 0.0532. The molecule has 1 aliphatic carbocycles. The normalized spacial score (nSPS) is 22.2. The van der Waals surface area contributed by atoms with Crippen molar-refractivity contribution in [2.75, 3.05) is 19.6 Å². The van der Waals surface area contributed by atoms with Gasteiger partial charge in [-0.05, 0) is 51.5 Å². The van der Waals surface area contributed by atoms with Gasteiger partial charge in [0.1, 0.15) is 0 Å². The van der Waals surface area contributed by atoms with Gasteiger partial charge in [0.15, 0.2) is 0 Å². The number of aromatic nitrogens is 2. The van der Waals surface area contributed by atoms with Gasteiger partial charge in [-0.1, -0.05) is 26.2 Å². The van der Waals surface area contributed by atoms with Crippen LogP contribution < -0.4 is 5.32 Å². The lowest BCUT2D eigenvalue weighted by molar-refractivity contribution is -0.125. The van der Waals surface area contributed by atoms with Crippen molar-refractivity contribution in [2.24, 2.45) is 13.0 Å². The highest BCUT2D eigenvalue weighted by molar-refractivity contribution is 5.79. The number of aryl methyl sites for hydroxylation is 2. The summed E-state index contributed by atoms with van der Waals surface area (Å²) in [5.74, 6) is 0.0922. The standard InChI is InChI=1S/C22H38N4O2/c1-16(14-20-17(2)24-25(4)18(20)3)21(27)23-19-8-12-26(13-9-19)15-22(28)10-6-5-7-11-22/h16,19,28H,5-15H2,1-4H3,(H,23,27)/t16-/m0/s1. The van der Waals surface area contributed by atoms with Crippen molar-refractivity contribution in [1.29, 1.82) is 0 Å². The number of nitrogens with zero attached hydrogens (tertiary/aromatic N) is 3. The Morgan fingerprint density at radius 3 is 2.46 bits per heavy atom. The van der Waals surface area contributed by atoms with Crippen molar-refractivity contribution in [3.8, 4) is 0 Å². The van der Waals surface area contributed by atoms with Crippen LogP contribution in [0.15, 0.2) is 0 Å². The molecule has 1 aliphatic heterocycles. The molecule has 158 valence electrons. The number of carbonyl (C=O) groups is 1. The maximum atomic E-state index is 12.7. The molecule has 0 spiro atoms. The number of piperidine rings is 1. The Labute approximate surface area is 169 Å². The summed E-state index contributed by atoms with van der Waals surface area (Å²) < 4.78 is 1.89. The first-order chi connectivity index (χ1) is 13.3. The van der Waals surface area contributed by atoms with Crippen LogP contribution in [-0.2, 0) is 18.3 Å². The van der Waals surface area contributed by atoms with Gasteiger partial charge in [-0.2, -0.15) is 5.10 Å². The number of likely N-dealkylation sites (tertiary alicyclic amines) is 1. The lowest BCUT2D eigenvalue weighted by atomic mass is 9.84. The summed E-state index contributed by atoms with van der Waals surface area (Å²) >= 11 is 0. The zero-order valence-electron chi connectivity index (χ0n) is 18.1. The Bertz CT molecular complexity index is 670. The van der Waals surface area contributed by atoms with Crippen LogP contribution in [0.5, 0.6) is 0 Å². The SMILES string of the molecule is Cc1nn(C)c(C)c1C[C@H](C)C(=O)NC1CCN(CC2(O)CCCCC2)CC1. The average Bonchev–Trinajstić information content (AvgIpc) is 2.89. The highest BCUT2D eigenvalue weighted by Gasteiger charge is 2.33. The molecule has 2 fully saturated rings. The van der Waals surface area contributed by atoms with Crippen LogP contribution in [-0.4, -0.2) is 57.0 Å². The summed E-state index contributed by atoms with van der Waals surface area (Å²) in [6.45, 7) is 8.81. The molecular formula is C22H38N4O2. The number of β-amino-alcohol motifs (C(OH)–C–C–N with tert-alkyl or cyclic N) is 1. The van der Waals surface area contributed by atoms with Crippen molar-refractivity contribution in [1.82, 2.24) is 20.0 Å². The van der Waals surface area contributed by atoms with E-state index in [0.29, 0.717) is 0 Å². The van der Waals surface area contributed by atoms with E-state index in [1.807, 2.05) is 25.6 Å². The Hall–Kier alpha value is -1.40. The van der Waals surface area contributed by atoms with Crippen LogP contribution in [0.25, 0.3) is 0 Å². The van der Waals surface area contributed by atoms with E-state index < -0.39 is 5.60 Å². The fraction of sp³-hybridized carbons (Fsp3) is 0.818. The van der Waals surface area contributed by atoms with E-state index >= 15 is 0 Å². The first-order valence-corrected chi connectivity index (χ1v) is 11.0. The second kappa shape index (κ2) is 8.95. The molecule has 28 heavy (non-hydrogen) atoms. The minimum atomic E-state index is -0.484. The smallest absolute Gasteiger partial charge is 0.223 e. The molecule has 1 atom stereocenters. The van der Waals surface area contributed by atoms with E-state index in [0.717, 1.165) is 76.0 Å². The Morgan fingerprint density at radius 1 is 1.25 bits per heavy atom. The van der Waals surface area contributed by atoms with E-state index in [9.17, 15) is 9.90 Å². The molecule has 1 saturated carbocycles. The highest BCUT2D eigenvalue weighted by atomic mass is 16.3. The third-order valence-electron chi connectivity index (χ3n) is 6.85. The van der Waals surface area contributed by atoms with Crippen molar-refractivity contribution in [2.45, 2.75) is 83.8 Å². The van der Waals surface area contributed by atoms with Gasteiger partial charge in [0, 0.05) is 44.3 Å². The molecule has 1 aromatic heterocycles. The largest absolute Gasteiger partial charge is 0.389 e. The monoisotopic (exact) mass is 390 g/mol. The van der Waals surface area contributed by atoms with E-state index in [-0.39, 0.29) is 17.9 Å². The van der Waals surface area contributed by atoms with E-state index in [1.54, 1.807) is 0 Å². The summed E-state index contributed by atoms with van der Waals surface area (Å²) in [7, 11) is 1.95. The van der Waals surface area contributed by atoms with Gasteiger partial charge in [-0.3, -0.25) is 9.48 Å². The molecule has 0 bridgehead atoms. The quantitative estimate of drug-likeness (QED) is 0.783. The summed E-state index contributed by atoms with van der Waals surface area (Å²) in [6, 6.07) is 0.253. The second-order valence-electron chi connectivity index (χ2n) is 9.22. The Kier molecular flexibility index (Phi) is 6.81. The first kappa shape index (κ1) is 21.3. The van der Waals surface area contributed by atoms with Gasteiger partial charge in [-0.15, -0.1) is 0 Å². The highest BCUT2D eigenvalue weighted by Crippen LogP contribution is 2.29. The van der Waals surface area contributed by atoms with Crippen LogP contribution in [0.3, 0.4) is 0 Å². The molecule has 1 aromatic rings. The van der Waals surface area contributed by atoms with Gasteiger partial charge in [0.05, 0.1) is 11.3 Å². The Balaban J connectivity index is 1.44. The predicted molar refractivity (Wildman–Crippen MR) is 111 cm³/mol. The molecule has 1 amide bonds. The molecular weight excluding hydrogens is 352 g/mol. The molecule has 6 nitrogen and oxygen atoms in total. The average molecular weight is 391 g/mol. The molecule has 0 radical (unpaired) electrons. The summed E-state index contributed by atoms with van der Waals surface area (Å²) in [5, 5.41) is 18.5. The lowest BCUT2D eigenvalue weighted by Gasteiger charge is -2.40. The molecule has 3 rings (SSSR count). The van der Waals surface area contributed by atoms with Crippen LogP contribution >= 0.6 is 0 Å². The molecule has 2 heterocycles. The van der Waals surface area contributed by atoms with Crippen LogP contribution in [0.1, 0.15) is 68.8 Å². The molecule has 2 aliphatic rings. The third kappa shape index (κ3) is 5.15. The number of hydrogen-bond donors (Lipinski definition) is 2. The molecule has 1 saturated heterocycles. The number of amides is 1. The number of hydrogen-bond acceptors (Lipinski definition) is 4. The summed E-state index contributed by atoms with van der Waals surface area (Å²) in [6.07, 6.45) is 8.12. The Morgan fingerprint density at radius 2 is 1.89 bits per heavy atom. The second-order valence-corrected chi connectivity index (χ2v) is 9.22. The van der Waals surface area contributed by atoms with Gasteiger partial charge in [0.25, 0.3) is 0 Å². The summed E-state index contributed by atoms with van der Waals surface area (Å²) in [5.41, 5.74) is 2.88. The van der Waals surface area contributed by atoms with E-state index in [1.165, 1.54) is 12.0 Å². The predicted octanol–water partition coefficient (Wildman–Crippen LogP) is 2.49. The van der Waals surface area contributed by atoms with Crippen LogP contribution in [0.2, 0.25) is 0 Å². The number of carbonyl (C=O) groups excluding carboxylic acids is 1. The van der Waals surface area contributed by atoms with Crippen molar-refractivity contribution in [3.05, 3.63) is 17.0 Å². The summed E-state index contributed by atoms with van der Waals surface area (Å²) in [4.78, 5) is 15.1. The fourth-order valence-electron chi connectivity index (χ4n) is 4.87. The lowest BCUT2D eigenvalue weighted by Crippen LogP contribution is -2.51. The number of rotatable bonds is 6. The fourth-order valence-corrected chi connectivity index (χ4v) is 4.87. The number of aliphatic hydroxyl groups is 1. The van der Waals surface area contributed by atoms with Crippen LogP contribution in [0, 0.1) is 19.8 Å². The van der Waals surface area contributed by atoms with E-state index in [4.69, 9.17) is 0 Å². The molecule has 2 N–H and O–H groups in total. The first-order valence-electron chi connectivity index (χ1n) is 11.0. The van der Waals surface area contributed by atoms with Crippen molar-refractivity contribution < 1.29 is 9.90 Å². The number of nitrogens with one attached hydrogen (secondary N) is 1. The zero-order chi connectivity index (χ0) is 20.3. The molecule has 0 aromatic carbocycles.